The standard InChI is InChI=1S/C18H15NO2/c1-2-12-7-9-13(10-8-12)17(20)15-11-19-16-6-4-3-5-14(16)18(15)21/h3-11H,2H2,1H3,(H,19,21). The summed E-state index contributed by atoms with van der Waals surface area (Å²) in [6, 6.07) is 14.6. The van der Waals surface area contributed by atoms with Crippen LogP contribution < -0.4 is 5.43 Å². The van der Waals surface area contributed by atoms with Crippen molar-refractivity contribution in [1.82, 2.24) is 4.98 Å². The maximum Gasteiger partial charge on any atom is 0.200 e. The van der Waals surface area contributed by atoms with Crippen molar-refractivity contribution in [3.8, 4) is 0 Å². The predicted molar refractivity (Wildman–Crippen MR) is 83.8 cm³/mol. The maximum atomic E-state index is 12.5. The number of hydrogen-bond acceptors (Lipinski definition) is 2. The summed E-state index contributed by atoms with van der Waals surface area (Å²) >= 11 is 0. The Balaban J connectivity index is 2.09. The van der Waals surface area contributed by atoms with Crippen molar-refractivity contribution < 1.29 is 4.79 Å². The zero-order valence-corrected chi connectivity index (χ0v) is 11.7. The molecule has 0 saturated carbocycles. The summed E-state index contributed by atoms with van der Waals surface area (Å²) in [6.07, 6.45) is 2.42. The van der Waals surface area contributed by atoms with Crippen LogP contribution in [0.3, 0.4) is 0 Å². The Bertz CT molecular complexity index is 860. The second kappa shape index (κ2) is 5.37. The first kappa shape index (κ1) is 13.3. The number of carbonyl (C=O) groups excluding carboxylic acids is 1. The maximum absolute atomic E-state index is 12.5. The quantitative estimate of drug-likeness (QED) is 0.747. The number of benzene rings is 2. The molecule has 3 aromatic rings. The van der Waals surface area contributed by atoms with E-state index in [1.807, 2.05) is 24.3 Å². The van der Waals surface area contributed by atoms with Crippen LogP contribution in [-0.4, -0.2) is 10.8 Å². The molecule has 0 aliphatic heterocycles. The largest absolute Gasteiger partial charge is 0.360 e. The molecule has 3 rings (SSSR count). The fourth-order valence-electron chi connectivity index (χ4n) is 2.38. The summed E-state index contributed by atoms with van der Waals surface area (Å²) < 4.78 is 0. The summed E-state index contributed by atoms with van der Waals surface area (Å²) in [5.74, 6) is -0.246. The van der Waals surface area contributed by atoms with Gasteiger partial charge in [0.1, 0.15) is 0 Å². The van der Waals surface area contributed by atoms with E-state index in [2.05, 4.69) is 11.9 Å². The molecule has 2 aromatic carbocycles. The fourth-order valence-corrected chi connectivity index (χ4v) is 2.38. The molecule has 1 N–H and O–H groups in total. The molecule has 1 aromatic heterocycles. The molecule has 0 amide bonds. The van der Waals surface area contributed by atoms with Gasteiger partial charge in [-0.1, -0.05) is 43.3 Å². The number of aromatic nitrogens is 1. The predicted octanol–water partition coefficient (Wildman–Crippen LogP) is 3.32. The van der Waals surface area contributed by atoms with Crippen molar-refractivity contribution >= 4 is 16.7 Å². The highest BCUT2D eigenvalue weighted by Gasteiger charge is 2.14. The lowest BCUT2D eigenvalue weighted by Gasteiger charge is -2.04. The highest BCUT2D eigenvalue weighted by Crippen LogP contribution is 2.12. The van der Waals surface area contributed by atoms with Crippen LogP contribution in [0.25, 0.3) is 10.9 Å². The number of para-hydroxylation sites is 1. The highest BCUT2D eigenvalue weighted by molar-refractivity contribution is 6.10. The van der Waals surface area contributed by atoms with Gasteiger partial charge in [0.25, 0.3) is 0 Å². The van der Waals surface area contributed by atoms with Crippen LogP contribution in [0.4, 0.5) is 0 Å². The number of aryl methyl sites for hydroxylation is 1. The number of pyridine rings is 1. The van der Waals surface area contributed by atoms with Gasteiger partial charge in [-0.2, -0.15) is 0 Å². The van der Waals surface area contributed by atoms with Crippen molar-refractivity contribution in [3.05, 3.63) is 81.6 Å². The molecule has 0 spiro atoms. The van der Waals surface area contributed by atoms with Crippen LogP contribution in [0.5, 0.6) is 0 Å². The molecule has 0 atom stereocenters. The topological polar surface area (TPSA) is 49.9 Å². The van der Waals surface area contributed by atoms with Gasteiger partial charge >= 0.3 is 0 Å². The first-order valence-corrected chi connectivity index (χ1v) is 6.94. The molecule has 0 fully saturated rings. The van der Waals surface area contributed by atoms with E-state index in [-0.39, 0.29) is 16.8 Å². The SMILES string of the molecule is CCc1ccc(C(=O)c2c[nH]c3ccccc3c2=O)cc1. The van der Waals surface area contributed by atoms with E-state index >= 15 is 0 Å². The number of ketones is 1. The Morgan fingerprint density at radius 1 is 1.05 bits per heavy atom. The number of nitrogens with one attached hydrogen (secondary N) is 1. The van der Waals surface area contributed by atoms with E-state index in [4.69, 9.17) is 0 Å². The van der Waals surface area contributed by atoms with Gasteiger partial charge in [-0.25, -0.2) is 0 Å². The molecular formula is C18H15NO2. The number of rotatable bonds is 3. The lowest BCUT2D eigenvalue weighted by molar-refractivity contribution is 0.103. The van der Waals surface area contributed by atoms with Crippen molar-refractivity contribution in [2.45, 2.75) is 13.3 Å². The molecule has 3 nitrogen and oxygen atoms in total. The van der Waals surface area contributed by atoms with Gasteiger partial charge in [0.15, 0.2) is 5.78 Å². The fraction of sp³-hybridized carbons (Fsp3) is 0.111. The van der Waals surface area contributed by atoms with E-state index in [9.17, 15) is 9.59 Å². The number of carbonyl (C=O) groups is 1. The Hall–Kier alpha value is -2.68. The normalized spacial score (nSPS) is 10.7. The molecule has 0 unspecified atom stereocenters. The van der Waals surface area contributed by atoms with Gasteiger partial charge < -0.3 is 4.98 Å². The van der Waals surface area contributed by atoms with Gasteiger partial charge in [-0.05, 0) is 24.1 Å². The van der Waals surface area contributed by atoms with E-state index in [1.165, 1.54) is 11.8 Å². The lowest BCUT2D eigenvalue weighted by atomic mass is 10.0. The summed E-state index contributed by atoms with van der Waals surface area (Å²) in [4.78, 5) is 27.9. The Kier molecular flexibility index (Phi) is 3.40. The molecule has 1 heterocycles. The van der Waals surface area contributed by atoms with Crippen LogP contribution in [-0.2, 0) is 6.42 Å². The Morgan fingerprint density at radius 2 is 1.76 bits per heavy atom. The first-order valence-electron chi connectivity index (χ1n) is 6.94. The van der Waals surface area contributed by atoms with Gasteiger partial charge in [0.2, 0.25) is 5.43 Å². The minimum Gasteiger partial charge on any atom is -0.360 e. The average Bonchev–Trinajstić information content (AvgIpc) is 2.55. The van der Waals surface area contributed by atoms with Gasteiger partial charge in [-0.15, -0.1) is 0 Å². The van der Waals surface area contributed by atoms with Crippen LogP contribution in [0.15, 0.2) is 59.5 Å². The average molecular weight is 277 g/mol. The van der Waals surface area contributed by atoms with Crippen LogP contribution in [0.2, 0.25) is 0 Å². The summed E-state index contributed by atoms with van der Waals surface area (Å²) in [5, 5.41) is 0.536. The second-order valence-corrected chi connectivity index (χ2v) is 4.96. The molecule has 0 radical (unpaired) electrons. The van der Waals surface area contributed by atoms with Crippen LogP contribution in [0.1, 0.15) is 28.4 Å². The third-order valence-electron chi connectivity index (χ3n) is 3.66. The zero-order valence-electron chi connectivity index (χ0n) is 11.7. The molecule has 21 heavy (non-hydrogen) atoms. The molecular weight excluding hydrogens is 262 g/mol. The molecule has 0 saturated heterocycles. The van der Waals surface area contributed by atoms with E-state index in [0.717, 1.165) is 11.9 Å². The monoisotopic (exact) mass is 277 g/mol. The molecule has 0 aliphatic rings. The molecule has 0 bridgehead atoms. The summed E-state index contributed by atoms with van der Waals surface area (Å²) in [7, 11) is 0. The van der Waals surface area contributed by atoms with E-state index in [1.54, 1.807) is 24.3 Å². The minimum atomic E-state index is -0.246. The van der Waals surface area contributed by atoms with Crippen LogP contribution >= 0.6 is 0 Å². The van der Waals surface area contributed by atoms with E-state index < -0.39 is 0 Å². The number of aromatic amines is 1. The van der Waals surface area contributed by atoms with Crippen molar-refractivity contribution in [3.63, 3.8) is 0 Å². The summed E-state index contributed by atoms with van der Waals surface area (Å²) in [6.45, 7) is 2.06. The lowest BCUT2D eigenvalue weighted by Crippen LogP contribution is -2.16. The summed E-state index contributed by atoms with van der Waals surface area (Å²) in [5.41, 5.74) is 2.39. The zero-order chi connectivity index (χ0) is 14.8. The van der Waals surface area contributed by atoms with Crippen molar-refractivity contribution in [1.29, 1.82) is 0 Å². The third kappa shape index (κ3) is 2.38. The number of H-pyrrole nitrogens is 1. The number of fused-ring (bicyclic) bond motifs is 1. The Morgan fingerprint density at radius 3 is 2.48 bits per heavy atom. The number of hydrogen-bond donors (Lipinski definition) is 1. The first-order chi connectivity index (χ1) is 10.2. The molecule has 3 heteroatoms. The highest BCUT2D eigenvalue weighted by atomic mass is 16.1. The van der Waals surface area contributed by atoms with Crippen LogP contribution in [0, 0.1) is 0 Å². The van der Waals surface area contributed by atoms with Crippen molar-refractivity contribution in [2.24, 2.45) is 0 Å². The minimum absolute atomic E-state index is 0.179. The van der Waals surface area contributed by atoms with Gasteiger partial charge in [0.05, 0.1) is 5.56 Å². The molecule has 104 valence electrons. The third-order valence-corrected chi connectivity index (χ3v) is 3.66. The van der Waals surface area contributed by atoms with E-state index in [0.29, 0.717) is 10.9 Å². The van der Waals surface area contributed by atoms with Crippen molar-refractivity contribution in [2.75, 3.05) is 0 Å². The second-order valence-electron chi connectivity index (χ2n) is 4.96. The smallest absolute Gasteiger partial charge is 0.200 e. The Labute approximate surface area is 122 Å². The molecule has 0 aliphatic carbocycles. The van der Waals surface area contributed by atoms with Gasteiger partial charge in [-0.3, -0.25) is 9.59 Å². The van der Waals surface area contributed by atoms with Gasteiger partial charge in [0, 0.05) is 22.7 Å².